The number of hydrogen-bond donors (Lipinski definition) is 0. The molecule has 2 saturated heterocycles. The van der Waals surface area contributed by atoms with Crippen LogP contribution < -0.4 is 0 Å². The predicted molar refractivity (Wildman–Crippen MR) is 117 cm³/mol. The van der Waals surface area contributed by atoms with Gasteiger partial charge in [0, 0.05) is 39.3 Å². The molecule has 3 aliphatic heterocycles. The van der Waals surface area contributed by atoms with Crippen molar-refractivity contribution in [1.82, 2.24) is 14.7 Å². The first-order valence-corrected chi connectivity index (χ1v) is 12.0. The highest BCUT2D eigenvalue weighted by atomic mass is 19.4. The van der Waals surface area contributed by atoms with E-state index in [9.17, 15) is 31.1 Å². The minimum absolute atomic E-state index is 0.0846. The first kappa shape index (κ1) is 26.1. The monoisotopic (exact) mass is 507 g/mol. The number of alkyl halides is 6. The summed E-state index contributed by atoms with van der Waals surface area (Å²) >= 11 is 0. The summed E-state index contributed by atoms with van der Waals surface area (Å²) in [4.78, 5) is 17.8. The van der Waals surface area contributed by atoms with E-state index < -0.39 is 24.5 Å². The van der Waals surface area contributed by atoms with E-state index in [1.807, 2.05) is 0 Å². The molecular formula is C24H31F6N3O2. The Hall–Kier alpha value is -2.01. The third-order valence-corrected chi connectivity index (χ3v) is 7.70. The number of piperidine rings is 1. The Labute approximate surface area is 201 Å². The average Bonchev–Trinajstić information content (AvgIpc) is 3.18. The van der Waals surface area contributed by atoms with Crippen molar-refractivity contribution in [2.75, 3.05) is 39.3 Å². The van der Waals surface area contributed by atoms with Gasteiger partial charge in [-0.2, -0.15) is 26.3 Å². The van der Waals surface area contributed by atoms with Crippen molar-refractivity contribution >= 4 is 6.09 Å². The van der Waals surface area contributed by atoms with E-state index in [1.54, 1.807) is 0 Å². The number of amides is 1. The van der Waals surface area contributed by atoms with Gasteiger partial charge in [0.05, 0.1) is 0 Å². The lowest BCUT2D eigenvalue weighted by Gasteiger charge is -2.39. The average molecular weight is 508 g/mol. The molecule has 1 spiro atoms. The maximum absolute atomic E-state index is 12.7. The van der Waals surface area contributed by atoms with E-state index >= 15 is 0 Å². The number of halogens is 6. The fraction of sp³-hybridized carbons (Fsp3) is 0.708. The summed E-state index contributed by atoms with van der Waals surface area (Å²) in [6.07, 6.45) is -14.1. The van der Waals surface area contributed by atoms with Gasteiger partial charge < -0.3 is 9.64 Å². The zero-order chi connectivity index (χ0) is 25.4. The van der Waals surface area contributed by atoms with E-state index in [0.29, 0.717) is 12.8 Å². The number of likely N-dealkylation sites (tertiary alicyclic amines) is 2. The molecular weight excluding hydrogens is 476 g/mol. The number of benzene rings is 1. The third-order valence-electron chi connectivity index (χ3n) is 7.70. The van der Waals surface area contributed by atoms with Crippen molar-refractivity contribution in [3.8, 4) is 0 Å². The molecule has 2 fully saturated rings. The molecule has 1 amide bonds. The maximum Gasteiger partial charge on any atom is 0.434 e. The Morgan fingerprint density at radius 3 is 2.29 bits per heavy atom. The quantitative estimate of drug-likeness (QED) is 0.539. The van der Waals surface area contributed by atoms with Gasteiger partial charge in [-0.15, -0.1) is 0 Å². The van der Waals surface area contributed by atoms with E-state index in [1.165, 1.54) is 16.7 Å². The van der Waals surface area contributed by atoms with Crippen LogP contribution in [0.15, 0.2) is 18.2 Å². The molecule has 4 rings (SSSR count). The van der Waals surface area contributed by atoms with Gasteiger partial charge in [-0.05, 0) is 60.9 Å². The highest BCUT2D eigenvalue weighted by molar-refractivity contribution is 5.68. The zero-order valence-electron chi connectivity index (χ0n) is 19.7. The van der Waals surface area contributed by atoms with E-state index in [2.05, 4.69) is 39.7 Å². The number of likely N-dealkylation sites (N-methyl/N-ethyl adjacent to an activating group) is 1. The second-order valence-corrected chi connectivity index (χ2v) is 9.97. The Morgan fingerprint density at radius 2 is 1.66 bits per heavy atom. The van der Waals surface area contributed by atoms with Crippen molar-refractivity contribution in [1.29, 1.82) is 0 Å². The Bertz CT molecular complexity index is 898. The molecule has 35 heavy (non-hydrogen) atoms. The largest absolute Gasteiger partial charge is 0.434 e. The second kappa shape index (κ2) is 9.80. The van der Waals surface area contributed by atoms with Crippen molar-refractivity contribution in [3.63, 3.8) is 0 Å². The molecule has 1 aromatic rings. The van der Waals surface area contributed by atoms with Crippen LogP contribution in [0.1, 0.15) is 42.9 Å². The molecule has 3 heterocycles. The fourth-order valence-corrected chi connectivity index (χ4v) is 5.59. The van der Waals surface area contributed by atoms with Crippen LogP contribution in [0.5, 0.6) is 0 Å². The summed E-state index contributed by atoms with van der Waals surface area (Å²) in [6, 6.07) is 6.45. The van der Waals surface area contributed by atoms with Crippen LogP contribution in [0, 0.1) is 5.41 Å². The highest BCUT2D eigenvalue weighted by Crippen LogP contribution is 2.42. The van der Waals surface area contributed by atoms with Crippen LogP contribution in [0.3, 0.4) is 0 Å². The number of carbonyl (C=O) groups excluding carboxylic acids is 1. The molecule has 3 aliphatic rings. The zero-order valence-corrected chi connectivity index (χ0v) is 19.7. The van der Waals surface area contributed by atoms with Crippen molar-refractivity contribution in [2.45, 2.75) is 64.2 Å². The molecule has 196 valence electrons. The van der Waals surface area contributed by atoms with Crippen LogP contribution in [0.25, 0.3) is 0 Å². The van der Waals surface area contributed by atoms with Crippen LogP contribution in [-0.2, 0) is 24.2 Å². The van der Waals surface area contributed by atoms with Crippen molar-refractivity contribution in [2.24, 2.45) is 5.41 Å². The van der Waals surface area contributed by atoms with Gasteiger partial charge in [0.1, 0.15) is 0 Å². The van der Waals surface area contributed by atoms with Crippen LogP contribution in [-0.4, -0.2) is 78.5 Å². The van der Waals surface area contributed by atoms with Gasteiger partial charge in [0.15, 0.2) is 0 Å². The summed E-state index contributed by atoms with van der Waals surface area (Å²) in [7, 11) is 0. The van der Waals surface area contributed by atoms with E-state index in [0.717, 1.165) is 57.0 Å². The maximum atomic E-state index is 12.7. The number of carbonyl (C=O) groups is 1. The molecule has 1 aromatic carbocycles. The molecule has 0 radical (unpaired) electrons. The minimum atomic E-state index is -5.71. The Balaban J connectivity index is 1.33. The molecule has 5 nitrogen and oxygen atoms in total. The first-order chi connectivity index (χ1) is 16.4. The number of hydrogen-bond acceptors (Lipinski definition) is 4. The SMILES string of the molecule is CCN1CCc2cccc(CN3CCC4(CCN(C(=O)OC(C(F)(F)F)C(F)(F)F)CC4)C3)c2C1. The van der Waals surface area contributed by atoms with E-state index in [4.69, 9.17) is 0 Å². The van der Waals surface area contributed by atoms with Crippen LogP contribution in [0.4, 0.5) is 31.1 Å². The van der Waals surface area contributed by atoms with Gasteiger partial charge in [-0.1, -0.05) is 25.1 Å². The molecule has 0 bridgehead atoms. The summed E-state index contributed by atoms with van der Waals surface area (Å²) in [5, 5.41) is 0. The van der Waals surface area contributed by atoms with Crippen molar-refractivity contribution < 1.29 is 35.9 Å². The minimum Gasteiger partial charge on any atom is -0.426 e. The number of nitrogens with zero attached hydrogens (tertiary/aromatic N) is 3. The topological polar surface area (TPSA) is 36.0 Å². The van der Waals surface area contributed by atoms with Crippen LogP contribution >= 0.6 is 0 Å². The summed E-state index contributed by atoms with van der Waals surface area (Å²) in [5.41, 5.74) is 4.00. The van der Waals surface area contributed by atoms with E-state index in [-0.39, 0.29) is 18.5 Å². The standard InChI is InChI=1S/C24H31F6N3O2/c1-2-31-10-6-17-4-3-5-18(19(17)15-31)14-32-11-7-22(16-32)8-12-33(13-9-22)21(34)35-20(23(25,26)27)24(28,29)30/h3-5,20H,2,6-16H2,1H3. The van der Waals surface area contributed by atoms with Gasteiger partial charge in [-0.3, -0.25) is 9.80 Å². The number of rotatable bonds is 4. The molecule has 0 atom stereocenters. The molecule has 0 aromatic heterocycles. The lowest BCUT2D eigenvalue weighted by Crippen LogP contribution is -2.50. The molecule has 0 aliphatic carbocycles. The van der Waals surface area contributed by atoms with Gasteiger partial charge in [-0.25, -0.2) is 4.79 Å². The highest BCUT2D eigenvalue weighted by Gasteiger charge is 2.60. The summed E-state index contributed by atoms with van der Waals surface area (Å²) < 4.78 is 80.2. The summed E-state index contributed by atoms with van der Waals surface area (Å²) in [5.74, 6) is 0. The fourth-order valence-electron chi connectivity index (χ4n) is 5.59. The second-order valence-electron chi connectivity index (χ2n) is 9.97. The Kier molecular flexibility index (Phi) is 7.30. The normalized spacial score (nSPS) is 21.5. The van der Waals surface area contributed by atoms with Crippen LogP contribution in [0.2, 0.25) is 0 Å². The Morgan fingerprint density at radius 1 is 1.00 bits per heavy atom. The molecule has 11 heteroatoms. The molecule has 0 saturated carbocycles. The first-order valence-electron chi connectivity index (χ1n) is 12.0. The summed E-state index contributed by atoms with van der Waals surface area (Å²) in [6.45, 7) is 7.81. The van der Waals surface area contributed by atoms with Gasteiger partial charge >= 0.3 is 18.4 Å². The predicted octanol–water partition coefficient (Wildman–Crippen LogP) is 4.98. The third kappa shape index (κ3) is 5.87. The van der Waals surface area contributed by atoms with Gasteiger partial charge in [0.2, 0.25) is 0 Å². The van der Waals surface area contributed by atoms with Crippen molar-refractivity contribution in [3.05, 3.63) is 34.9 Å². The van der Waals surface area contributed by atoms with Gasteiger partial charge in [0.25, 0.3) is 6.10 Å². The number of ether oxygens (including phenoxy) is 1. The lowest BCUT2D eigenvalue weighted by atomic mass is 9.78. The molecule has 0 unspecified atom stereocenters. The lowest BCUT2D eigenvalue weighted by molar-refractivity contribution is -0.308. The number of fused-ring (bicyclic) bond motifs is 1. The smallest absolute Gasteiger partial charge is 0.426 e. The molecule has 0 N–H and O–H groups in total.